The summed E-state index contributed by atoms with van der Waals surface area (Å²) in [5.41, 5.74) is 0.878. The highest BCUT2D eigenvalue weighted by Crippen LogP contribution is 2.30. The van der Waals surface area contributed by atoms with E-state index in [9.17, 15) is 9.59 Å². The molecule has 0 bridgehead atoms. The van der Waals surface area contributed by atoms with E-state index in [1.54, 1.807) is 26.1 Å². The van der Waals surface area contributed by atoms with Crippen molar-refractivity contribution in [2.24, 2.45) is 0 Å². The van der Waals surface area contributed by atoms with Crippen LogP contribution in [0.4, 0.5) is 0 Å². The first-order valence-electron chi connectivity index (χ1n) is 6.53. The smallest absolute Gasteiger partial charge is 0.357 e. The summed E-state index contributed by atoms with van der Waals surface area (Å²) < 4.78 is 15.2. The van der Waals surface area contributed by atoms with Gasteiger partial charge in [-0.3, -0.25) is 0 Å². The molecule has 112 valence electrons. The van der Waals surface area contributed by atoms with Crippen molar-refractivity contribution in [2.75, 3.05) is 20.3 Å². The molecule has 0 spiro atoms. The molecular formula is C14H16N2O5. The number of carbonyl (C=O) groups excluding carboxylic acids is 2. The Morgan fingerprint density at radius 1 is 1.19 bits per heavy atom. The number of nitrogens with one attached hydrogen (secondary N) is 1. The molecule has 7 nitrogen and oxygen atoms in total. The topological polar surface area (TPSA) is 90.5 Å². The normalized spacial score (nSPS) is 10.4. The van der Waals surface area contributed by atoms with Crippen molar-refractivity contribution < 1.29 is 23.8 Å². The van der Waals surface area contributed by atoms with Crippen LogP contribution in [0.2, 0.25) is 0 Å². The number of H-pyrrole nitrogens is 1. The highest BCUT2D eigenvalue weighted by molar-refractivity contribution is 6.08. The van der Waals surface area contributed by atoms with Crippen molar-refractivity contribution in [1.29, 1.82) is 0 Å². The minimum Gasteiger partial charge on any atom is -0.493 e. The number of aromatic nitrogens is 2. The van der Waals surface area contributed by atoms with Crippen LogP contribution >= 0.6 is 0 Å². The maximum Gasteiger partial charge on any atom is 0.357 e. The number of methoxy groups -OCH3 is 1. The van der Waals surface area contributed by atoms with Crippen LogP contribution in [-0.4, -0.2) is 42.2 Å². The first-order valence-corrected chi connectivity index (χ1v) is 6.53. The minimum absolute atomic E-state index is 0.0345. The SMILES string of the molecule is CCOC(=O)c1nc2cc[nH]c2c(OC)c1C(=O)OCC. The van der Waals surface area contributed by atoms with Gasteiger partial charge in [0.2, 0.25) is 0 Å². The number of esters is 2. The van der Waals surface area contributed by atoms with Crippen LogP contribution in [0, 0.1) is 0 Å². The van der Waals surface area contributed by atoms with Gasteiger partial charge >= 0.3 is 11.9 Å². The maximum atomic E-state index is 12.2. The van der Waals surface area contributed by atoms with Crippen LogP contribution in [0.3, 0.4) is 0 Å². The first-order chi connectivity index (χ1) is 10.1. The molecule has 21 heavy (non-hydrogen) atoms. The van der Waals surface area contributed by atoms with Gasteiger partial charge in [0.15, 0.2) is 11.4 Å². The number of rotatable bonds is 5. The molecular weight excluding hydrogens is 276 g/mol. The van der Waals surface area contributed by atoms with Crippen molar-refractivity contribution in [1.82, 2.24) is 9.97 Å². The Bertz CT molecular complexity index is 677. The van der Waals surface area contributed by atoms with Gasteiger partial charge in [0, 0.05) is 6.20 Å². The highest BCUT2D eigenvalue weighted by atomic mass is 16.5. The second-order valence-electron chi connectivity index (χ2n) is 4.05. The largest absolute Gasteiger partial charge is 0.493 e. The van der Waals surface area contributed by atoms with Gasteiger partial charge in [-0.15, -0.1) is 0 Å². The summed E-state index contributed by atoms with van der Waals surface area (Å²) in [5.74, 6) is -1.16. The average molecular weight is 292 g/mol. The molecule has 2 heterocycles. The fraction of sp³-hybridized carbons (Fsp3) is 0.357. The lowest BCUT2D eigenvalue weighted by atomic mass is 10.1. The number of aromatic amines is 1. The predicted octanol–water partition coefficient (Wildman–Crippen LogP) is 1.92. The summed E-state index contributed by atoms with van der Waals surface area (Å²) in [6, 6.07) is 1.68. The van der Waals surface area contributed by atoms with E-state index >= 15 is 0 Å². The summed E-state index contributed by atoms with van der Waals surface area (Å²) >= 11 is 0. The number of hydrogen-bond donors (Lipinski definition) is 1. The van der Waals surface area contributed by atoms with Gasteiger partial charge in [0.05, 0.1) is 25.8 Å². The molecule has 0 aliphatic carbocycles. The lowest BCUT2D eigenvalue weighted by molar-refractivity contribution is 0.0471. The van der Waals surface area contributed by atoms with E-state index in [1.807, 2.05) is 0 Å². The zero-order valence-corrected chi connectivity index (χ0v) is 12.1. The van der Waals surface area contributed by atoms with Gasteiger partial charge in [-0.2, -0.15) is 0 Å². The summed E-state index contributed by atoms with van der Waals surface area (Å²) in [6.07, 6.45) is 1.64. The summed E-state index contributed by atoms with van der Waals surface area (Å²) in [7, 11) is 1.41. The summed E-state index contributed by atoms with van der Waals surface area (Å²) in [6.45, 7) is 3.70. The van der Waals surface area contributed by atoms with Gasteiger partial charge in [-0.1, -0.05) is 0 Å². The molecule has 0 unspecified atom stereocenters. The molecule has 0 fully saturated rings. The molecule has 0 amide bonds. The van der Waals surface area contributed by atoms with Gasteiger partial charge in [-0.25, -0.2) is 14.6 Å². The number of carbonyl (C=O) groups is 2. The van der Waals surface area contributed by atoms with Crippen LogP contribution in [0.1, 0.15) is 34.7 Å². The molecule has 2 aromatic rings. The molecule has 0 radical (unpaired) electrons. The molecule has 0 atom stereocenters. The Balaban J connectivity index is 2.71. The maximum absolute atomic E-state index is 12.2. The molecule has 1 N–H and O–H groups in total. The average Bonchev–Trinajstić information content (AvgIpc) is 2.93. The van der Waals surface area contributed by atoms with Crippen LogP contribution in [0.15, 0.2) is 12.3 Å². The predicted molar refractivity (Wildman–Crippen MR) is 74.6 cm³/mol. The van der Waals surface area contributed by atoms with E-state index in [0.717, 1.165) is 0 Å². The molecule has 0 aliphatic heterocycles. The number of hydrogen-bond acceptors (Lipinski definition) is 6. The molecule has 0 saturated heterocycles. The van der Waals surface area contributed by atoms with E-state index in [1.165, 1.54) is 7.11 Å². The monoisotopic (exact) mass is 292 g/mol. The third-order valence-electron chi connectivity index (χ3n) is 2.80. The Kier molecular flexibility index (Phi) is 4.42. The zero-order chi connectivity index (χ0) is 15.4. The van der Waals surface area contributed by atoms with Crippen LogP contribution in [0.25, 0.3) is 11.0 Å². The van der Waals surface area contributed by atoms with Gasteiger partial charge in [0.25, 0.3) is 0 Å². The number of fused-ring (bicyclic) bond motifs is 1. The van der Waals surface area contributed by atoms with Crippen molar-refractivity contribution in [3.8, 4) is 5.75 Å². The van der Waals surface area contributed by atoms with E-state index in [4.69, 9.17) is 14.2 Å². The quantitative estimate of drug-likeness (QED) is 0.847. The van der Waals surface area contributed by atoms with Crippen molar-refractivity contribution in [3.05, 3.63) is 23.5 Å². The molecule has 2 aromatic heterocycles. The standard InChI is InChI=1S/C14H16N2O5/c1-4-20-13(17)9-11(14(18)21-5-2)16-8-6-7-15-10(8)12(9)19-3/h6-7,15H,4-5H2,1-3H3. The van der Waals surface area contributed by atoms with Crippen LogP contribution < -0.4 is 4.74 Å². The van der Waals surface area contributed by atoms with Crippen LogP contribution in [-0.2, 0) is 9.47 Å². The second-order valence-corrected chi connectivity index (χ2v) is 4.05. The zero-order valence-electron chi connectivity index (χ0n) is 12.1. The van der Waals surface area contributed by atoms with Crippen molar-refractivity contribution in [3.63, 3.8) is 0 Å². The van der Waals surface area contributed by atoms with E-state index in [-0.39, 0.29) is 30.2 Å². The number of pyridine rings is 1. The third kappa shape index (κ3) is 2.67. The number of nitrogens with zero attached hydrogens (tertiary/aromatic N) is 1. The second kappa shape index (κ2) is 6.25. The lowest BCUT2D eigenvalue weighted by Gasteiger charge is -2.12. The molecule has 7 heteroatoms. The fourth-order valence-electron chi connectivity index (χ4n) is 1.99. The lowest BCUT2D eigenvalue weighted by Crippen LogP contribution is -2.17. The molecule has 0 aromatic carbocycles. The Hall–Kier alpha value is -2.57. The summed E-state index contributed by atoms with van der Waals surface area (Å²) in [4.78, 5) is 31.3. The molecule has 0 saturated carbocycles. The van der Waals surface area contributed by atoms with E-state index in [0.29, 0.717) is 11.0 Å². The van der Waals surface area contributed by atoms with Crippen molar-refractivity contribution >= 4 is 23.0 Å². The van der Waals surface area contributed by atoms with E-state index in [2.05, 4.69) is 9.97 Å². The van der Waals surface area contributed by atoms with Gasteiger partial charge < -0.3 is 19.2 Å². The third-order valence-corrected chi connectivity index (χ3v) is 2.80. The van der Waals surface area contributed by atoms with E-state index < -0.39 is 11.9 Å². The Morgan fingerprint density at radius 3 is 2.48 bits per heavy atom. The molecule has 0 aliphatic rings. The fourth-order valence-corrected chi connectivity index (χ4v) is 1.99. The highest BCUT2D eigenvalue weighted by Gasteiger charge is 2.28. The summed E-state index contributed by atoms with van der Waals surface area (Å²) in [5, 5.41) is 0. The Labute approximate surface area is 121 Å². The molecule has 2 rings (SSSR count). The Morgan fingerprint density at radius 2 is 1.86 bits per heavy atom. The minimum atomic E-state index is -0.693. The number of ether oxygens (including phenoxy) is 3. The van der Waals surface area contributed by atoms with Gasteiger partial charge in [-0.05, 0) is 19.9 Å². The first kappa shape index (κ1) is 14.8. The van der Waals surface area contributed by atoms with Crippen LogP contribution in [0.5, 0.6) is 5.75 Å². The van der Waals surface area contributed by atoms with Gasteiger partial charge in [0.1, 0.15) is 11.1 Å². The van der Waals surface area contributed by atoms with Crippen molar-refractivity contribution in [2.45, 2.75) is 13.8 Å².